The van der Waals surface area contributed by atoms with E-state index in [9.17, 15) is 5.11 Å². The quantitative estimate of drug-likeness (QED) is 0.413. The highest BCUT2D eigenvalue weighted by molar-refractivity contribution is 5.77. The molecule has 0 aliphatic heterocycles. The van der Waals surface area contributed by atoms with Crippen molar-refractivity contribution in [2.75, 3.05) is 0 Å². The van der Waals surface area contributed by atoms with Crippen molar-refractivity contribution in [2.45, 2.75) is 77.0 Å². The van der Waals surface area contributed by atoms with Gasteiger partial charge in [-0.3, -0.25) is 0 Å². The SMILES string of the molecule is CC(C)(C)c1cc(-c2ccccc2C2CC3C=Cc4ccccc4C3C2)c(O)c(C(C)(C)C)c1. The van der Waals surface area contributed by atoms with Gasteiger partial charge in [-0.1, -0.05) is 108 Å². The molecule has 3 aromatic rings. The highest BCUT2D eigenvalue weighted by atomic mass is 16.3. The number of phenolic OH excluding ortho intramolecular Hbond substituents is 1. The van der Waals surface area contributed by atoms with E-state index in [1.165, 1.54) is 34.2 Å². The van der Waals surface area contributed by atoms with Crippen LogP contribution in [0.2, 0.25) is 0 Å². The minimum atomic E-state index is -0.133. The maximum Gasteiger partial charge on any atom is 0.127 e. The van der Waals surface area contributed by atoms with Crippen molar-refractivity contribution >= 4 is 6.08 Å². The van der Waals surface area contributed by atoms with Crippen molar-refractivity contribution in [3.8, 4) is 16.9 Å². The van der Waals surface area contributed by atoms with Gasteiger partial charge in [-0.25, -0.2) is 0 Å². The molecular formula is C33H38O. The molecule has 0 heterocycles. The highest BCUT2D eigenvalue weighted by Crippen LogP contribution is 2.53. The van der Waals surface area contributed by atoms with Gasteiger partial charge in [-0.15, -0.1) is 0 Å². The number of fused-ring (bicyclic) bond motifs is 3. The van der Waals surface area contributed by atoms with Gasteiger partial charge in [-0.2, -0.15) is 0 Å². The Labute approximate surface area is 205 Å². The van der Waals surface area contributed by atoms with Gasteiger partial charge in [0, 0.05) is 11.1 Å². The second-order valence-electron chi connectivity index (χ2n) is 12.4. The van der Waals surface area contributed by atoms with Crippen LogP contribution in [-0.4, -0.2) is 5.11 Å². The Bertz CT molecular complexity index is 1250. The van der Waals surface area contributed by atoms with Gasteiger partial charge in [0.15, 0.2) is 0 Å². The summed E-state index contributed by atoms with van der Waals surface area (Å²) in [5.74, 6) is 2.10. The number of allylic oxidation sites excluding steroid dienone is 1. The lowest BCUT2D eigenvalue weighted by Gasteiger charge is -2.28. The molecule has 3 unspecified atom stereocenters. The van der Waals surface area contributed by atoms with Gasteiger partial charge in [0.2, 0.25) is 0 Å². The predicted octanol–water partition coefficient (Wildman–Crippen LogP) is 8.96. The van der Waals surface area contributed by atoms with Crippen LogP contribution < -0.4 is 0 Å². The molecule has 0 spiro atoms. The molecule has 0 aromatic heterocycles. The first-order chi connectivity index (χ1) is 16.0. The minimum absolute atomic E-state index is 0.00813. The van der Waals surface area contributed by atoms with Crippen LogP contribution in [0.15, 0.2) is 66.7 Å². The fraction of sp³-hybridized carbons (Fsp3) is 0.394. The first-order valence-electron chi connectivity index (χ1n) is 12.8. The third kappa shape index (κ3) is 4.00. The third-order valence-electron chi connectivity index (χ3n) is 8.01. The average molecular weight is 451 g/mol. The Balaban J connectivity index is 1.61. The van der Waals surface area contributed by atoms with E-state index in [1.54, 1.807) is 0 Å². The zero-order chi connectivity index (χ0) is 24.3. The van der Waals surface area contributed by atoms with E-state index < -0.39 is 0 Å². The topological polar surface area (TPSA) is 20.2 Å². The van der Waals surface area contributed by atoms with Gasteiger partial charge in [0.25, 0.3) is 0 Å². The summed E-state index contributed by atoms with van der Waals surface area (Å²) in [5, 5.41) is 11.6. The second kappa shape index (κ2) is 8.15. The lowest BCUT2D eigenvalue weighted by Crippen LogP contribution is -2.17. The van der Waals surface area contributed by atoms with E-state index in [-0.39, 0.29) is 10.8 Å². The zero-order valence-electron chi connectivity index (χ0n) is 21.5. The molecule has 0 saturated heterocycles. The molecule has 0 bridgehead atoms. The number of hydrogen-bond donors (Lipinski definition) is 1. The van der Waals surface area contributed by atoms with Gasteiger partial charge in [0.1, 0.15) is 5.75 Å². The Morgan fingerprint density at radius 3 is 2.12 bits per heavy atom. The summed E-state index contributed by atoms with van der Waals surface area (Å²) in [6, 6.07) is 22.1. The smallest absolute Gasteiger partial charge is 0.127 e. The van der Waals surface area contributed by atoms with E-state index in [0.717, 1.165) is 17.5 Å². The third-order valence-corrected chi connectivity index (χ3v) is 8.01. The van der Waals surface area contributed by atoms with Gasteiger partial charge < -0.3 is 5.11 Å². The molecule has 3 aromatic carbocycles. The second-order valence-corrected chi connectivity index (χ2v) is 12.4. The van der Waals surface area contributed by atoms with Crippen LogP contribution >= 0.6 is 0 Å². The molecule has 1 N–H and O–H groups in total. The van der Waals surface area contributed by atoms with Crippen molar-refractivity contribution in [1.29, 1.82) is 0 Å². The molecule has 1 saturated carbocycles. The number of benzene rings is 3. The minimum Gasteiger partial charge on any atom is -0.507 e. The zero-order valence-corrected chi connectivity index (χ0v) is 21.5. The van der Waals surface area contributed by atoms with Crippen LogP contribution in [0, 0.1) is 5.92 Å². The Morgan fingerprint density at radius 1 is 0.735 bits per heavy atom. The Morgan fingerprint density at radius 2 is 1.41 bits per heavy atom. The fourth-order valence-electron chi connectivity index (χ4n) is 6.06. The van der Waals surface area contributed by atoms with E-state index in [1.807, 2.05) is 0 Å². The molecule has 2 aliphatic rings. The fourth-order valence-corrected chi connectivity index (χ4v) is 6.06. The summed E-state index contributed by atoms with van der Waals surface area (Å²) < 4.78 is 0. The van der Waals surface area contributed by atoms with Crippen LogP contribution in [0.25, 0.3) is 17.2 Å². The molecule has 176 valence electrons. The van der Waals surface area contributed by atoms with Crippen LogP contribution in [0.4, 0.5) is 0 Å². The lowest BCUT2D eigenvalue weighted by atomic mass is 9.77. The average Bonchev–Trinajstić information content (AvgIpc) is 3.22. The van der Waals surface area contributed by atoms with E-state index in [0.29, 0.717) is 23.5 Å². The van der Waals surface area contributed by atoms with Crippen molar-refractivity contribution < 1.29 is 5.11 Å². The first-order valence-corrected chi connectivity index (χ1v) is 12.8. The summed E-state index contributed by atoms with van der Waals surface area (Å²) in [5.41, 5.74) is 8.62. The number of phenols is 1. The van der Waals surface area contributed by atoms with Crippen LogP contribution in [0.3, 0.4) is 0 Å². The molecule has 34 heavy (non-hydrogen) atoms. The molecule has 1 nitrogen and oxygen atoms in total. The lowest BCUT2D eigenvalue weighted by molar-refractivity contribution is 0.446. The van der Waals surface area contributed by atoms with Crippen molar-refractivity contribution in [2.24, 2.45) is 5.92 Å². The number of rotatable bonds is 2. The Hall–Kier alpha value is -2.80. The first kappa shape index (κ1) is 23.0. The number of aromatic hydroxyl groups is 1. The number of hydrogen-bond acceptors (Lipinski definition) is 1. The van der Waals surface area contributed by atoms with E-state index in [2.05, 4.69) is 114 Å². The van der Waals surface area contributed by atoms with Gasteiger partial charge in [0.05, 0.1) is 0 Å². The predicted molar refractivity (Wildman–Crippen MR) is 145 cm³/mol. The largest absolute Gasteiger partial charge is 0.507 e. The molecule has 1 fully saturated rings. The standard InChI is InChI=1S/C33H38O/c1-32(2,3)24-19-29(31(34)30(20-24)33(4,5)6)27-14-10-9-13-26(27)23-17-22-16-15-21-11-7-8-12-25(21)28(22)18-23/h7-16,19-20,22-23,28,34H,17-18H2,1-6H3. The van der Waals surface area contributed by atoms with Gasteiger partial charge in [-0.05, 0) is 75.3 Å². The highest BCUT2D eigenvalue weighted by Gasteiger charge is 2.38. The van der Waals surface area contributed by atoms with E-state index >= 15 is 0 Å². The van der Waals surface area contributed by atoms with Crippen molar-refractivity contribution in [3.05, 3.63) is 94.6 Å². The van der Waals surface area contributed by atoms with Crippen LogP contribution in [-0.2, 0) is 10.8 Å². The summed E-state index contributed by atoms with van der Waals surface area (Å²) >= 11 is 0. The molecule has 3 atom stereocenters. The normalized spacial score (nSPS) is 21.9. The van der Waals surface area contributed by atoms with Crippen LogP contribution in [0.5, 0.6) is 5.75 Å². The summed E-state index contributed by atoms with van der Waals surface area (Å²) in [6.07, 6.45) is 7.08. The maximum absolute atomic E-state index is 11.6. The maximum atomic E-state index is 11.6. The molecule has 5 rings (SSSR count). The monoisotopic (exact) mass is 450 g/mol. The summed E-state index contributed by atoms with van der Waals surface area (Å²) in [4.78, 5) is 0. The van der Waals surface area contributed by atoms with Crippen LogP contribution in [0.1, 0.15) is 94.0 Å². The molecule has 2 aliphatic carbocycles. The Kier molecular flexibility index (Phi) is 5.51. The van der Waals surface area contributed by atoms with Crippen molar-refractivity contribution in [1.82, 2.24) is 0 Å². The molecule has 0 amide bonds. The van der Waals surface area contributed by atoms with Gasteiger partial charge >= 0.3 is 0 Å². The summed E-state index contributed by atoms with van der Waals surface area (Å²) in [7, 11) is 0. The molecule has 0 radical (unpaired) electrons. The molecular weight excluding hydrogens is 412 g/mol. The van der Waals surface area contributed by atoms with E-state index in [4.69, 9.17) is 0 Å². The molecule has 1 heteroatoms. The van der Waals surface area contributed by atoms with Crippen molar-refractivity contribution in [3.63, 3.8) is 0 Å². The summed E-state index contributed by atoms with van der Waals surface area (Å²) in [6.45, 7) is 13.3.